The molecule has 2 N–H and O–H groups in total. The number of carboxylic acid groups (broad SMARTS) is 1. The third-order valence-corrected chi connectivity index (χ3v) is 7.74. The van der Waals surface area contributed by atoms with Crippen molar-refractivity contribution in [1.29, 1.82) is 0 Å². The molecule has 2 aromatic carbocycles. The van der Waals surface area contributed by atoms with Gasteiger partial charge in [0.25, 0.3) is 17.5 Å². The van der Waals surface area contributed by atoms with Crippen LogP contribution < -0.4 is 5.32 Å². The number of nitrogens with zero attached hydrogens (tertiary/aromatic N) is 3. The van der Waals surface area contributed by atoms with E-state index in [-0.39, 0.29) is 51.8 Å². The Hall–Kier alpha value is -3.70. The van der Waals surface area contributed by atoms with Crippen LogP contribution in [0.5, 0.6) is 0 Å². The van der Waals surface area contributed by atoms with Crippen LogP contribution >= 0.6 is 23.2 Å². The fraction of sp³-hybridized carbons (Fsp3) is 0.385. The Morgan fingerprint density at radius 1 is 1.03 bits per heavy atom. The Balaban J connectivity index is 1.67. The minimum Gasteiger partial charge on any atom is -0.481 e. The topological polar surface area (TPSA) is 150 Å². The van der Waals surface area contributed by atoms with Gasteiger partial charge in [0.2, 0.25) is 5.91 Å². The number of nitro groups is 1. The van der Waals surface area contributed by atoms with Gasteiger partial charge in [0.15, 0.2) is 6.17 Å². The average Bonchev–Trinajstić information content (AvgIpc) is 3.60. The molecule has 1 saturated carbocycles. The van der Waals surface area contributed by atoms with Crippen molar-refractivity contribution in [2.45, 2.75) is 44.3 Å². The number of carbonyl (C=O) groups is 4. The molecule has 0 radical (unpaired) electrons. The van der Waals surface area contributed by atoms with Gasteiger partial charge in [-0.05, 0) is 36.6 Å². The van der Waals surface area contributed by atoms with E-state index >= 15 is 0 Å². The molecule has 13 heteroatoms. The zero-order valence-electron chi connectivity index (χ0n) is 20.7. The Labute approximate surface area is 233 Å². The minimum atomic E-state index is -1.35. The number of non-ortho nitro benzene ring substituents is 1. The van der Waals surface area contributed by atoms with Gasteiger partial charge < -0.3 is 20.2 Å². The molecular weight excluding hydrogens is 551 g/mol. The van der Waals surface area contributed by atoms with Crippen LogP contribution in [0.3, 0.4) is 0 Å². The van der Waals surface area contributed by atoms with E-state index in [1.54, 1.807) is 0 Å². The van der Waals surface area contributed by atoms with E-state index in [0.29, 0.717) is 12.8 Å². The van der Waals surface area contributed by atoms with Gasteiger partial charge in [0, 0.05) is 36.7 Å². The molecule has 0 bridgehead atoms. The Morgan fingerprint density at radius 3 is 2.36 bits per heavy atom. The fourth-order valence-electron chi connectivity index (χ4n) is 5.09. The van der Waals surface area contributed by atoms with Crippen molar-refractivity contribution in [3.05, 3.63) is 73.8 Å². The van der Waals surface area contributed by atoms with Crippen molar-refractivity contribution in [2.75, 3.05) is 13.1 Å². The highest BCUT2D eigenvalue weighted by Gasteiger charge is 2.45. The smallest absolute Gasteiger partial charge is 0.305 e. The van der Waals surface area contributed by atoms with Crippen LogP contribution in [0.4, 0.5) is 5.69 Å². The molecule has 1 aliphatic carbocycles. The number of halogens is 2. The van der Waals surface area contributed by atoms with Gasteiger partial charge in [0.05, 0.1) is 27.4 Å². The number of carbonyl (C=O) groups excluding carboxylic acids is 3. The molecule has 2 atom stereocenters. The molecule has 39 heavy (non-hydrogen) atoms. The molecule has 2 aromatic rings. The third kappa shape index (κ3) is 6.31. The maximum absolute atomic E-state index is 13.8. The molecule has 0 aromatic heterocycles. The van der Waals surface area contributed by atoms with Crippen LogP contribution in [0, 0.1) is 16.0 Å². The quantitative estimate of drug-likeness (QED) is 0.355. The average molecular weight is 577 g/mol. The first-order valence-corrected chi connectivity index (χ1v) is 13.2. The molecule has 1 aliphatic heterocycles. The zero-order chi connectivity index (χ0) is 28.3. The summed E-state index contributed by atoms with van der Waals surface area (Å²) < 4.78 is 0. The van der Waals surface area contributed by atoms with Crippen molar-refractivity contribution in [2.24, 2.45) is 5.92 Å². The van der Waals surface area contributed by atoms with E-state index in [0.717, 1.165) is 12.8 Å². The molecule has 4 rings (SSSR count). The first-order valence-electron chi connectivity index (χ1n) is 12.4. The summed E-state index contributed by atoms with van der Waals surface area (Å²) in [4.78, 5) is 65.5. The molecule has 2 unspecified atom stereocenters. The Bertz CT molecular complexity index is 1310. The van der Waals surface area contributed by atoms with Crippen LogP contribution in [-0.2, 0) is 14.4 Å². The van der Waals surface area contributed by atoms with E-state index in [1.807, 2.05) is 0 Å². The number of hydrogen-bond acceptors (Lipinski definition) is 6. The van der Waals surface area contributed by atoms with E-state index in [4.69, 9.17) is 23.2 Å². The lowest BCUT2D eigenvalue weighted by atomic mass is 10.0. The van der Waals surface area contributed by atoms with Gasteiger partial charge >= 0.3 is 5.97 Å². The molecule has 2 fully saturated rings. The summed E-state index contributed by atoms with van der Waals surface area (Å²) in [6.07, 6.45) is 1.22. The highest BCUT2D eigenvalue weighted by Crippen LogP contribution is 2.31. The van der Waals surface area contributed by atoms with Gasteiger partial charge in [-0.1, -0.05) is 48.2 Å². The first-order chi connectivity index (χ1) is 18.6. The number of hydrogen-bond donors (Lipinski definition) is 2. The van der Waals surface area contributed by atoms with Crippen molar-refractivity contribution >= 4 is 52.6 Å². The van der Waals surface area contributed by atoms with Gasteiger partial charge in [-0.3, -0.25) is 29.3 Å². The summed E-state index contributed by atoms with van der Waals surface area (Å²) in [5, 5.41) is 23.8. The monoisotopic (exact) mass is 576 g/mol. The van der Waals surface area contributed by atoms with Crippen molar-refractivity contribution in [3.8, 4) is 0 Å². The third-order valence-electron chi connectivity index (χ3n) is 7.00. The summed E-state index contributed by atoms with van der Waals surface area (Å²) >= 11 is 12.1. The largest absolute Gasteiger partial charge is 0.481 e. The predicted molar refractivity (Wildman–Crippen MR) is 141 cm³/mol. The fourth-order valence-corrected chi connectivity index (χ4v) is 5.38. The lowest BCUT2D eigenvalue weighted by Crippen LogP contribution is -2.55. The van der Waals surface area contributed by atoms with E-state index in [2.05, 4.69) is 5.32 Å². The molecule has 1 saturated heterocycles. The van der Waals surface area contributed by atoms with Gasteiger partial charge in [-0.25, -0.2) is 0 Å². The molecule has 2 aliphatic rings. The van der Waals surface area contributed by atoms with Crippen LogP contribution in [-0.4, -0.2) is 62.8 Å². The lowest BCUT2D eigenvalue weighted by molar-refractivity contribution is -0.384. The Morgan fingerprint density at radius 2 is 1.72 bits per heavy atom. The normalized spacial score (nSPS) is 18.2. The predicted octanol–water partition coefficient (Wildman–Crippen LogP) is 4.03. The van der Waals surface area contributed by atoms with Crippen molar-refractivity contribution in [3.63, 3.8) is 0 Å². The summed E-state index contributed by atoms with van der Waals surface area (Å²) in [6, 6.07) is 8.43. The van der Waals surface area contributed by atoms with Crippen molar-refractivity contribution < 1.29 is 29.2 Å². The molecule has 1 heterocycles. The first kappa shape index (κ1) is 28.3. The number of carboxylic acids is 1. The van der Waals surface area contributed by atoms with Crippen LogP contribution in [0.2, 0.25) is 10.0 Å². The number of benzene rings is 2. The van der Waals surface area contributed by atoms with Crippen molar-refractivity contribution in [1.82, 2.24) is 15.1 Å². The second-order valence-electron chi connectivity index (χ2n) is 9.53. The summed E-state index contributed by atoms with van der Waals surface area (Å²) in [6.45, 7) is 0.177. The standard InChI is InChI=1S/C26H26Cl2N4O7/c27-19-9-8-17(13-20(19)28)26(37)31-11-10-30(25(36)15-4-1-2-5-15)24(31)23(35)29-21(14-22(33)34)16-6-3-7-18(12-16)32(38)39/h3,6-9,12-13,15,21,24H,1-2,4-5,10-11,14H2,(H,29,35)(H,33,34). The van der Waals surface area contributed by atoms with E-state index < -0.39 is 41.3 Å². The second-order valence-corrected chi connectivity index (χ2v) is 10.3. The summed E-state index contributed by atoms with van der Waals surface area (Å²) in [5.41, 5.74) is 0.0968. The molecule has 11 nitrogen and oxygen atoms in total. The lowest BCUT2D eigenvalue weighted by Gasteiger charge is -2.32. The molecular formula is C26H26Cl2N4O7. The number of amides is 3. The van der Waals surface area contributed by atoms with Crippen LogP contribution in [0.15, 0.2) is 42.5 Å². The maximum Gasteiger partial charge on any atom is 0.305 e. The van der Waals surface area contributed by atoms with E-state index in [9.17, 15) is 34.4 Å². The van der Waals surface area contributed by atoms with Gasteiger partial charge in [-0.2, -0.15) is 0 Å². The number of aliphatic carboxylic acids is 1. The number of nitrogens with one attached hydrogen (secondary N) is 1. The second kappa shape index (κ2) is 12.0. The van der Waals surface area contributed by atoms with Crippen LogP contribution in [0.1, 0.15) is 54.1 Å². The van der Waals surface area contributed by atoms with Crippen LogP contribution in [0.25, 0.3) is 0 Å². The number of nitro benzene ring substituents is 1. The molecule has 206 valence electrons. The zero-order valence-corrected chi connectivity index (χ0v) is 22.2. The maximum atomic E-state index is 13.8. The minimum absolute atomic E-state index is 0.0655. The highest BCUT2D eigenvalue weighted by molar-refractivity contribution is 6.42. The SMILES string of the molecule is O=C(O)CC(NC(=O)C1N(C(=O)c2ccc(Cl)c(Cl)c2)CCN1C(=O)C1CCCC1)c1cccc([N+](=O)[O-])c1. The Kier molecular flexibility index (Phi) is 8.71. The van der Waals surface area contributed by atoms with Gasteiger partial charge in [0.1, 0.15) is 0 Å². The molecule has 3 amide bonds. The number of rotatable bonds is 8. The summed E-state index contributed by atoms with van der Waals surface area (Å²) in [7, 11) is 0. The van der Waals surface area contributed by atoms with E-state index in [1.165, 1.54) is 52.3 Å². The molecule has 0 spiro atoms. The highest BCUT2D eigenvalue weighted by atomic mass is 35.5. The summed E-state index contributed by atoms with van der Waals surface area (Å²) in [5.74, 6) is -3.10. The van der Waals surface area contributed by atoms with Gasteiger partial charge in [-0.15, -0.1) is 0 Å².